The van der Waals surface area contributed by atoms with Crippen LogP contribution in [0.25, 0.3) is 0 Å². The first-order valence-corrected chi connectivity index (χ1v) is 8.88. The van der Waals surface area contributed by atoms with E-state index in [9.17, 15) is 4.79 Å². The van der Waals surface area contributed by atoms with Gasteiger partial charge in [0.25, 0.3) is 5.91 Å². The van der Waals surface area contributed by atoms with Crippen molar-refractivity contribution in [2.24, 2.45) is 7.05 Å². The fourth-order valence-corrected chi connectivity index (χ4v) is 3.46. The second-order valence-corrected chi connectivity index (χ2v) is 6.78. The van der Waals surface area contributed by atoms with Gasteiger partial charge in [-0.15, -0.1) is 0 Å². The van der Waals surface area contributed by atoms with E-state index in [1.54, 1.807) is 0 Å². The van der Waals surface area contributed by atoms with Gasteiger partial charge in [-0.05, 0) is 43.5 Å². The number of amides is 1. The number of ether oxygens (including phenoxy) is 3. The number of carbonyl (C=O) groups is 1. The number of aromatic nitrogens is 2. The van der Waals surface area contributed by atoms with E-state index in [-0.39, 0.29) is 18.8 Å². The van der Waals surface area contributed by atoms with Gasteiger partial charge < -0.3 is 19.1 Å². The molecule has 2 aliphatic rings. The lowest BCUT2D eigenvalue weighted by Crippen LogP contribution is -2.38. The number of rotatable bonds is 5. The zero-order chi connectivity index (χ0) is 18.1. The monoisotopic (exact) mass is 357 g/mol. The Morgan fingerprint density at radius 3 is 2.85 bits per heavy atom. The van der Waals surface area contributed by atoms with Crippen molar-refractivity contribution in [3.63, 3.8) is 0 Å². The molecule has 7 heteroatoms. The number of fused-ring (bicyclic) bond motifs is 1. The molecule has 4 rings (SSSR count). The van der Waals surface area contributed by atoms with Gasteiger partial charge in [-0.3, -0.25) is 9.48 Å². The van der Waals surface area contributed by atoms with Gasteiger partial charge in [0.2, 0.25) is 6.79 Å². The van der Waals surface area contributed by atoms with E-state index in [1.807, 2.05) is 47.8 Å². The zero-order valence-electron chi connectivity index (χ0n) is 15.1. The van der Waals surface area contributed by atoms with Crippen LogP contribution < -0.4 is 9.47 Å². The summed E-state index contributed by atoms with van der Waals surface area (Å²) in [6.45, 7) is 3.82. The maximum Gasteiger partial charge on any atom is 0.252 e. The highest BCUT2D eigenvalue weighted by Crippen LogP contribution is 2.33. The number of aryl methyl sites for hydroxylation is 2. The standard InChI is InChI=1S/C19H23N3O4/c1-13-8-15(21(2)20-13)11-22(19(23)17-4-3-7-24-17)10-14-5-6-16-18(9-14)26-12-25-16/h5-6,8-9,17H,3-4,7,10-12H2,1-2H3/t17-/m0/s1. The van der Waals surface area contributed by atoms with Gasteiger partial charge in [0, 0.05) is 20.2 Å². The van der Waals surface area contributed by atoms with Crippen LogP contribution in [0.15, 0.2) is 24.3 Å². The highest BCUT2D eigenvalue weighted by molar-refractivity contribution is 5.81. The molecule has 0 spiro atoms. The summed E-state index contributed by atoms with van der Waals surface area (Å²) in [6.07, 6.45) is 1.36. The molecule has 2 aromatic rings. The van der Waals surface area contributed by atoms with E-state index >= 15 is 0 Å². The summed E-state index contributed by atoms with van der Waals surface area (Å²) < 4.78 is 18.3. The van der Waals surface area contributed by atoms with Gasteiger partial charge in [0.05, 0.1) is 17.9 Å². The molecule has 0 N–H and O–H groups in total. The van der Waals surface area contributed by atoms with Crippen LogP contribution in [-0.4, -0.2) is 40.1 Å². The van der Waals surface area contributed by atoms with Crippen molar-refractivity contribution in [2.75, 3.05) is 13.4 Å². The summed E-state index contributed by atoms with van der Waals surface area (Å²) in [5.41, 5.74) is 2.93. The molecule has 26 heavy (non-hydrogen) atoms. The second-order valence-electron chi connectivity index (χ2n) is 6.78. The average molecular weight is 357 g/mol. The molecule has 1 fully saturated rings. The van der Waals surface area contributed by atoms with Crippen LogP contribution in [-0.2, 0) is 29.7 Å². The van der Waals surface area contributed by atoms with Crippen molar-refractivity contribution < 1.29 is 19.0 Å². The molecule has 0 bridgehead atoms. The number of hydrogen-bond donors (Lipinski definition) is 0. The first-order chi connectivity index (χ1) is 12.6. The van der Waals surface area contributed by atoms with Crippen LogP contribution in [0.4, 0.5) is 0 Å². The highest BCUT2D eigenvalue weighted by atomic mass is 16.7. The summed E-state index contributed by atoms with van der Waals surface area (Å²) in [5.74, 6) is 1.50. The third-order valence-corrected chi connectivity index (χ3v) is 4.78. The van der Waals surface area contributed by atoms with Crippen LogP contribution >= 0.6 is 0 Å². The first-order valence-electron chi connectivity index (χ1n) is 8.88. The molecule has 0 unspecified atom stereocenters. The van der Waals surface area contributed by atoms with Gasteiger partial charge in [-0.25, -0.2) is 0 Å². The molecule has 3 heterocycles. The van der Waals surface area contributed by atoms with Crippen LogP contribution in [0.1, 0.15) is 29.8 Å². The number of benzene rings is 1. The second kappa shape index (κ2) is 6.99. The van der Waals surface area contributed by atoms with Crippen LogP contribution in [0.5, 0.6) is 11.5 Å². The number of carbonyl (C=O) groups excluding carboxylic acids is 1. The van der Waals surface area contributed by atoms with Gasteiger partial charge in [-0.2, -0.15) is 5.10 Å². The first kappa shape index (κ1) is 16.9. The van der Waals surface area contributed by atoms with Crippen molar-refractivity contribution in [1.29, 1.82) is 0 Å². The summed E-state index contributed by atoms with van der Waals surface area (Å²) >= 11 is 0. The maximum absolute atomic E-state index is 13.0. The third kappa shape index (κ3) is 3.39. The number of nitrogens with zero attached hydrogens (tertiary/aromatic N) is 3. The molecule has 1 saturated heterocycles. The summed E-state index contributed by atoms with van der Waals surface area (Å²) in [5, 5.41) is 4.39. The zero-order valence-corrected chi connectivity index (χ0v) is 15.1. The van der Waals surface area contributed by atoms with Gasteiger partial charge in [0.1, 0.15) is 6.10 Å². The molecule has 0 saturated carbocycles. The molecule has 0 radical (unpaired) electrons. The van der Waals surface area contributed by atoms with Crippen molar-refractivity contribution in [3.8, 4) is 11.5 Å². The lowest BCUT2D eigenvalue weighted by Gasteiger charge is -2.25. The van der Waals surface area contributed by atoms with E-state index in [4.69, 9.17) is 14.2 Å². The Morgan fingerprint density at radius 1 is 1.27 bits per heavy atom. The minimum absolute atomic E-state index is 0.0269. The largest absolute Gasteiger partial charge is 0.454 e. The van der Waals surface area contributed by atoms with Crippen molar-refractivity contribution in [2.45, 2.75) is 39.0 Å². The van der Waals surface area contributed by atoms with Crippen molar-refractivity contribution in [1.82, 2.24) is 14.7 Å². The fraction of sp³-hybridized carbons (Fsp3) is 0.474. The van der Waals surface area contributed by atoms with Gasteiger partial charge in [0.15, 0.2) is 11.5 Å². The van der Waals surface area contributed by atoms with Gasteiger partial charge in [-0.1, -0.05) is 6.07 Å². The predicted octanol–water partition coefficient (Wildman–Crippen LogP) is 2.17. The smallest absolute Gasteiger partial charge is 0.252 e. The molecule has 0 aliphatic carbocycles. The maximum atomic E-state index is 13.0. The Hall–Kier alpha value is -2.54. The molecule has 1 aromatic carbocycles. The van der Waals surface area contributed by atoms with Crippen LogP contribution in [0.2, 0.25) is 0 Å². The Morgan fingerprint density at radius 2 is 2.12 bits per heavy atom. The molecule has 138 valence electrons. The molecule has 2 aliphatic heterocycles. The molecule has 7 nitrogen and oxygen atoms in total. The van der Waals surface area contributed by atoms with Crippen LogP contribution in [0, 0.1) is 6.92 Å². The Bertz CT molecular complexity index is 811. The Kier molecular flexibility index (Phi) is 4.55. The topological polar surface area (TPSA) is 65.8 Å². The van der Waals surface area contributed by atoms with E-state index in [1.165, 1.54) is 0 Å². The molecule has 1 aromatic heterocycles. The lowest BCUT2D eigenvalue weighted by molar-refractivity contribution is -0.142. The third-order valence-electron chi connectivity index (χ3n) is 4.78. The van der Waals surface area contributed by atoms with Gasteiger partial charge >= 0.3 is 0 Å². The predicted molar refractivity (Wildman–Crippen MR) is 93.7 cm³/mol. The van der Waals surface area contributed by atoms with Crippen molar-refractivity contribution >= 4 is 5.91 Å². The number of hydrogen-bond acceptors (Lipinski definition) is 5. The van der Waals surface area contributed by atoms with Crippen molar-refractivity contribution in [3.05, 3.63) is 41.2 Å². The van der Waals surface area contributed by atoms with E-state index in [2.05, 4.69) is 5.10 Å². The van der Waals surface area contributed by atoms with E-state index < -0.39 is 0 Å². The molecule has 1 atom stereocenters. The lowest BCUT2D eigenvalue weighted by atomic mass is 10.1. The average Bonchev–Trinajstić information content (AvgIpc) is 3.35. The van der Waals surface area contributed by atoms with Crippen LogP contribution in [0.3, 0.4) is 0 Å². The quantitative estimate of drug-likeness (QED) is 0.820. The van der Waals surface area contributed by atoms with E-state index in [0.29, 0.717) is 19.7 Å². The normalized spacial score (nSPS) is 18.3. The Balaban J connectivity index is 1.57. The highest BCUT2D eigenvalue weighted by Gasteiger charge is 2.29. The Labute approximate surface area is 152 Å². The summed E-state index contributed by atoms with van der Waals surface area (Å²) in [6, 6.07) is 7.81. The SMILES string of the molecule is Cc1cc(CN(Cc2ccc3c(c2)OCO3)C(=O)[C@@H]2CCCO2)n(C)n1. The molecular formula is C19H23N3O4. The minimum Gasteiger partial charge on any atom is -0.454 e. The summed E-state index contributed by atoms with van der Waals surface area (Å²) in [4.78, 5) is 14.9. The fourth-order valence-electron chi connectivity index (χ4n) is 3.46. The summed E-state index contributed by atoms with van der Waals surface area (Å²) in [7, 11) is 1.90. The minimum atomic E-state index is -0.349. The van der Waals surface area contributed by atoms with E-state index in [0.717, 1.165) is 41.3 Å². The molecule has 1 amide bonds. The molecular weight excluding hydrogens is 334 g/mol.